The summed E-state index contributed by atoms with van der Waals surface area (Å²) in [4.78, 5) is 17.0. The van der Waals surface area contributed by atoms with Gasteiger partial charge >= 0.3 is 5.69 Å². The Morgan fingerprint density at radius 2 is 2.00 bits per heavy atom. The van der Waals surface area contributed by atoms with E-state index < -0.39 is 0 Å². The van der Waals surface area contributed by atoms with Gasteiger partial charge in [0.05, 0.1) is 4.92 Å². The lowest BCUT2D eigenvalue weighted by molar-refractivity contribution is -0.384. The Balaban J connectivity index is 2.38. The summed E-state index contributed by atoms with van der Waals surface area (Å²) < 4.78 is 0. The highest BCUT2D eigenvalue weighted by atomic mass is 16.6. The fourth-order valence-electron chi connectivity index (χ4n) is 2.26. The van der Waals surface area contributed by atoms with Gasteiger partial charge in [-0.3, -0.25) is 10.1 Å². The summed E-state index contributed by atoms with van der Waals surface area (Å²) in [7, 11) is 1.76. The van der Waals surface area contributed by atoms with E-state index in [1.165, 1.54) is 6.07 Å². The molecule has 1 aliphatic heterocycles. The molecule has 98 valence electrons. The number of rotatable bonds is 3. The predicted octanol–water partition coefficient (Wildman–Crippen LogP) is 2.12. The van der Waals surface area contributed by atoms with E-state index >= 15 is 0 Å². The van der Waals surface area contributed by atoms with Crippen LogP contribution in [0.3, 0.4) is 0 Å². The highest BCUT2D eigenvalue weighted by molar-refractivity contribution is 5.62. The number of pyridine rings is 1. The Kier molecular flexibility index (Phi) is 3.36. The van der Waals surface area contributed by atoms with Gasteiger partial charge in [-0.1, -0.05) is 13.8 Å². The number of nitrogens with zero attached hydrogens (tertiary/aromatic N) is 3. The third-order valence-corrected chi connectivity index (χ3v) is 3.60. The zero-order valence-corrected chi connectivity index (χ0v) is 10.9. The normalized spacial score (nSPS) is 23.2. The van der Waals surface area contributed by atoms with Crippen LogP contribution in [0.4, 0.5) is 17.3 Å². The minimum absolute atomic E-state index is 0.0790. The molecule has 0 bridgehead atoms. The van der Waals surface area contributed by atoms with Crippen LogP contribution in [-0.4, -0.2) is 30.0 Å². The summed E-state index contributed by atoms with van der Waals surface area (Å²) in [6, 6.07) is 3.15. The molecule has 0 aliphatic carbocycles. The second-order valence-electron chi connectivity index (χ2n) is 4.91. The number of nitro groups is 1. The molecular formula is C12H18N4O2. The van der Waals surface area contributed by atoms with Gasteiger partial charge in [0.25, 0.3) is 0 Å². The van der Waals surface area contributed by atoms with Crippen LogP contribution in [0.15, 0.2) is 12.1 Å². The molecule has 1 aliphatic rings. The molecule has 0 aromatic carbocycles. The van der Waals surface area contributed by atoms with Gasteiger partial charge < -0.3 is 10.2 Å². The zero-order valence-electron chi connectivity index (χ0n) is 10.9. The molecule has 1 fully saturated rings. The van der Waals surface area contributed by atoms with Crippen LogP contribution in [0.5, 0.6) is 0 Å². The van der Waals surface area contributed by atoms with Crippen LogP contribution in [0, 0.1) is 22.0 Å². The van der Waals surface area contributed by atoms with E-state index in [0.29, 0.717) is 23.5 Å². The molecule has 1 aromatic heterocycles. The van der Waals surface area contributed by atoms with Crippen LogP contribution in [0.1, 0.15) is 13.8 Å². The molecular weight excluding hydrogens is 232 g/mol. The first-order chi connectivity index (χ1) is 8.52. The number of anilines is 2. The first-order valence-corrected chi connectivity index (χ1v) is 6.11. The molecule has 2 unspecified atom stereocenters. The van der Waals surface area contributed by atoms with E-state index in [2.05, 4.69) is 24.1 Å². The molecule has 18 heavy (non-hydrogen) atoms. The Morgan fingerprint density at radius 1 is 1.39 bits per heavy atom. The Bertz CT molecular complexity index is 453. The Hall–Kier alpha value is -1.85. The first kappa shape index (κ1) is 12.6. The number of hydrogen-bond acceptors (Lipinski definition) is 5. The zero-order chi connectivity index (χ0) is 13.3. The molecule has 0 saturated carbocycles. The van der Waals surface area contributed by atoms with E-state index in [1.807, 2.05) is 4.90 Å². The lowest BCUT2D eigenvalue weighted by Gasteiger charge is -2.17. The number of hydrogen-bond donors (Lipinski definition) is 1. The molecule has 2 heterocycles. The van der Waals surface area contributed by atoms with Gasteiger partial charge in [0.1, 0.15) is 5.82 Å². The van der Waals surface area contributed by atoms with Crippen LogP contribution in [0.25, 0.3) is 0 Å². The van der Waals surface area contributed by atoms with E-state index in [0.717, 1.165) is 13.1 Å². The Morgan fingerprint density at radius 3 is 2.50 bits per heavy atom. The van der Waals surface area contributed by atoms with Crippen molar-refractivity contribution in [2.45, 2.75) is 13.8 Å². The predicted molar refractivity (Wildman–Crippen MR) is 71.0 cm³/mol. The molecule has 1 aromatic rings. The van der Waals surface area contributed by atoms with Crippen molar-refractivity contribution in [3.05, 3.63) is 22.2 Å². The van der Waals surface area contributed by atoms with Crippen LogP contribution in [-0.2, 0) is 0 Å². The highest BCUT2D eigenvalue weighted by Crippen LogP contribution is 2.33. The van der Waals surface area contributed by atoms with Crippen molar-refractivity contribution in [3.63, 3.8) is 0 Å². The summed E-state index contributed by atoms with van der Waals surface area (Å²) in [5.74, 6) is 2.19. The smallest absolute Gasteiger partial charge is 0.311 e. The van der Waals surface area contributed by atoms with Crippen LogP contribution < -0.4 is 10.2 Å². The minimum atomic E-state index is -0.366. The second kappa shape index (κ2) is 4.80. The molecule has 2 rings (SSSR count). The first-order valence-electron chi connectivity index (χ1n) is 6.11. The van der Waals surface area contributed by atoms with E-state index in [4.69, 9.17) is 0 Å². The van der Waals surface area contributed by atoms with Crippen LogP contribution in [0.2, 0.25) is 0 Å². The standard InChI is InChI=1S/C12H18N4O2/c1-8-6-15(7-9(8)2)12-10(16(17)18)4-5-11(13-3)14-12/h4-5,8-9H,6-7H2,1-3H3,(H,13,14). The van der Waals surface area contributed by atoms with Crippen molar-refractivity contribution in [1.82, 2.24) is 4.98 Å². The van der Waals surface area contributed by atoms with Crippen molar-refractivity contribution < 1.29 is 4.92 Å². The van der Waals surface area contributed by atoms with Crippen molar-refractivity contribution in [1.29, 1.82) is 0 Å². The summed E-state index contributed by atoms with van der Waals surface area (Å²) in [6.45, 7) is 5.97. The second-order valence-corrected chi connectivity index (χ2v) is 4.91. The third kappa shape index (κ3) is 2.23. The third-order valence-electron chi connectivity index (χ3n) is 3.60. The Labute approximate surface area is 106 Å². The van der Waals surface area contributed by atoms with Gasteiger partial charge in [0.2, 0.25) is 5.82 Å². The van der Waals surface area contributed by atoms with E-state index in [9.17, 15) is 10.1 Å². The molecule has 1 N–H and O–H groups in total. The van der Waals surface area contributed by atoms with E-state index in [1.54, 1.807) is 13.1 Å². The van der Waals surface area contributed by atoms with Gasteiger partial charge in [0, 0.05) is 26.2 Å². The molecule has 1 saturated heterocycles. The number of nitrogens with one attached hydrogen (secondary N) is 1. The minimum Gasteiger partial charge on any atom is -0.373 e. The summed E-state index contributed by atoms with van der Waals surface area (Å²) in [6.07, 6.45) is 0. The van der Waals surface area contributed by atoms with Crippen molar-refractivity contribution >= 4 is 17.3 Å². The van der Waals surface area contributed by atoms with Crippen molar-refractivity contribution in [2.75, 3.05) is 30.4 Å². The lowest BCUT2D eigenvalue weighted by atomic mass is 10.0. The largest absolute Gasteiger partial charge is 0.373 e. The van der Waals surface area contributed by atoms with Crippen LogP contribution >= 0.6 is 0 Å². The topological polar surface area (TPSA) is 71.3 Å². The quantitative estimate of drug-likeness (QED) is 0.657. The monoisotopic (exact) mass is 250 g/mol. The molecule has 6 nitrogen and oxygen atoms in total. The maximum atomic E-state index is 11.1. The summed E-state index contributed by atoms with van der Waals surface area (Å²) in [5.41, 5.74) is 0.0790. The highest BCUT2D eigenvalue weighted by Gasteiger charge is 2.31. The van der Waals surface area contributed by atoms with Gasteiger partial charge in [0.15, 0.2) is 0 Å². The molecule has 0 radical (unpaired) electrons. The van der Waals surface area contributed by atoms with Gasteiger partial charge in [-0.05, 0) is 17.9 Å². The number of aromatic nitrogens is 1. The maximum absolute atomic E-state index is 11.1. The van der Waals surface area contributed by atoms with E-state index in [-0.39, 0.29) is 10.6 Å². The van der Waals surface area contributed by atoms with Crippen molar-refractivity contribution in [2.24, 2.45) is 11.8 Å². The van der Waals surface area contributed by atoms with Gasteiger partial charge in [-0.25, -0.2) is 4.98 Å². The molecule has 2 atom stereocenters. The maximum Gasteiger partial charge on any atom is 0.311 e. The molecule has 0 spiro atoms. The summed E-state index contributed by atoms with van der Waals surface area (Å²) >= 11 is 0. The SMILES string of the molecule is CNc1ccc([N+](=O)[O-])c(N2CC(C)C(C)C2)n1. The van der Waals surface area contributed by atoms with Gasteiger partial charge in [-0.15, -0.1) is 0 Å². The fraction of sp³-hybridized carbons (Fsp3) is 0.583. The van der Waals surface area contributed by atoms with Gasteiger partial charge in [-0.2, -0.15) is 0 Å². The summed E-state index contributed by atoms with van der Waals surface area (Å²) in [5, 5.41) is 14.0. The average Bonchev–Trinajstić information content (AvgIpc) is 2.68. The lowest BCUT2D eigenvalue weighted by Crippen LogP contribution is -2.22. The molecule has 6 heteroatoms. The van der Waals surface area contributed by atoms with Crippen molar-refractivity contribution in [3.8, 4) is 0 Å². The molecule has 0 amide bonds. The average molecular weight is 250 g/mol. The fourth-order valence-corrected chi connectivity index (χ4v) is 2.26.